The lowest BCUT2D eigenvalue weighted by Crippen LogP contribution is -2.14. The second-order valence-electron chi connectivity index (χ2n) is 12.8. The number of aromatic nitrogens is 4. The van der Waals surface area contributed by atoms with E-state index in [1.54, 1.807) is 0 Å². The third-order valence-corrected chi connectivity index (χ3v) is 8.74. The van der Waals surface area contributed by atoms with Crippen molar-refractivity contribution in [2.45, 2.75) is 46.5 Å². The van der Waals surface area contributed by atoms with Crippen molar-refractivity contribution in [3.8, 4) is 34.1 Å². The van der Waals surface area contributed by atoms with Gasteiger partial charge in [0, 0.05) is 62.0 Å². The Morgan fingerprint density at radius 2 is 1.36 bits per heavy atom. The number of aromatic amines is 2. The fraction of sp³-hybridized carbons (Fsp3) is 0.200. The summed E-state index contributed by atoms with van der Waals surface area (Å²) in [6.45, 7) is 11.4. The summed E-state index contributed by atoms with van der Waals surface area (Å²) in [4.78, 5) is 17.9. The predicted molar refractivity (Wildman–Crippen MR) is 188 cm³/mol. The van der Waals surface area contributed by atoms with Crippen molar-refractivity contribution in [3.05, 3.63) is 118 Å². The molecule has 5 aromatic rings. The van der Waals surface area contributed by atoms with E-state index in [-0.39, 0.29) is 5.41 Å². The fourth-order valence-electron chi connectivity index (χ4n) is 6.74. The van der Waals surface area contributed by atoms with Crippen LogP contribution < -0.4 is 5.73 Å². The molecule has 0 saturated heterocycles. The van der Waals surface area contributed by atoms with Crippen LogP contribution in [0.25, 0.3) is 56.5 Å². The molecule has 0 spiro atoms. The number of nitrogens with one attached hydrogen (secondary N) is 2. The lowest BCUT2D eigenvalue weighted by molar-refractivity contribution is 0.543. The van der Waals surface area contributed by atoms with Gasteiger partial charge in [-0.05, 0) is 104 Å². The van der Waals surface area contributed by atoms with Crippen LogP contribution in [0.4, 0.5) is 0 Å². The zero-order valence-corrected chi connectivity index (χ0v) is 26.5. The summed E-state index contributed by atoms with van der Waals surface area (Å²) in [6, 6.07) is 25.8. The molecule has 7 rings (SSSR count). The minimum Gasteiger partial charge on any atom is -0.355 e. The standard InChI is InChI=1S/C40H37N5/c1-24-19-25(2)37(26(3)20-24)39-34-15-12-29(42-34)21-31-23-40(4,5)36(44-31)22-30-13-14-32(43-30)38(33-16-17-35(39)45-33)28-10-8-27(9-11-28)7-6-18-41/h8-17,19-22,42-43H,18,23,41H2,1-5H3. The number of hydrogen-bond donors (Lipinski definition) is 3. The van der Waals surface area contributed by atoms with E-state index in [1.807, 2.05) is 12.1 Å². The van der Waals surface area contributed by atoms with Gasteiger partial charge in [0.05, 0.1) is 17.9 Å². The van der Waals surface area contributed by atoms with Gasteiger partial charge in [-0.25, -0.2) is 4.98 Å². The molecular formula is C40H37N5. The molecule has 3 aromatic heterocycles. The van der Waals surface area contributed by atoms with Crippen LogP contribution in [-0.2, 0) is 11.8 Å². The molecule has 222 valence electrons. The molecule has 0 amide bonds. The van der Waals surface area contributed by atoms with Crippen LogP contribution in [0.2, 0.25) is 0 Å². The Labute approximate surface area is 264 Å². The van der Waals surface area contributed by atoms with Gasteiger partial charge in [0.2, 0.25) is 0 Å². The first kappa shape index (κ1) is 28.6. The van der Waals surface area contributed by atoms with Gasteiger partial charge in [0.15, 0.2) is 0 Å². The third-order valence-electron chi connectivity index (χ3n) is 8.74. The minimum atomic E-state index is -0.0808. The second-order valence-corrected chi connectivity index (χ2v) is 12.8. The molecule has 0 atom stereocenters. The summed E-state index contributed by atoms with van der Waals surface area (Å²) in [6.07, 6.45) is 5.15. The molecule has 2 aliphatic rings. The Hall–Kier alpha value is -5.18. The van der Waals surface area contributed by atoms with Gasteiger partial charge in [0.25, 0.3) is 0 Å². The number of nitrogens with two attached hydrogens (primary N) is 1. The maximum absolute atomic E-state index is 5.62. The van der Waals surface area contributed by atoms with Crippen LogP contribution in [0, 0.1) is 32.6 Å². The van der Waals surface area contributed by atoms with E-state index in [2.05, 4.69) is 129 Å². The van der Waals surface area contributed by atoms with Gasteiger partial charge in [-0.1, -0.05) is 55.5 Å². The predicted octanol–water partition coefficient (Wildman–Crippen LogP) is 8.57. The first-order valence-corrected chi connectivity index (χ1v) is 15.5. The van der Waals surface area contributed by atoms with E-state index < -0.39 is 0 Å². The van der Waals surface area contributed by atoms with E-state index in [9.17, 15) is 0 Å². The number of hydrogen-bond acceptors (Lipinski definition) is 3. The lowest BCUT2D eigenvalue weighted by atomic mass is 9.87. The molecule has 2 aromatic carbocycles. The van der Waals surface area contributed by atoms with Crippen LogP contribution in [0.3, 0.4) is 0 Å². The molecule has 0 radical (unpaired) electrons. The van der Waals surface area contributed by atoms with E-state index in [1.165, 1.54) is 22.3 Å². The SMILES string of the molecule is Cc1cc(C)c(-c2c3nc(c(-c4ccc(C#CCN)cc4)c4ccc(cc5nc(cc6ccc2[nH]6)CC5(C)C)[nH]4)C=C3)c(C)c1. The van der Waals surface area contributed by atoms with Crippen molar-refractivity contribution in [2.24, 2.45) is 5.73 Å². The molecule has 0 fully saturated rings. The summed E-state index contributed by atoms with van der Waals surface area (Å²) in [7, 11) is 0. The van der Waals surface area contributed by atoms with Gasteiger partial charge < -0.3 is 15.7 Å². The Bertz CT molecular complexity index is 2210. The first-order valence-electron chi connectivity index (χ1n) is 15.5. The van der Waals surface area contributed by atoms with E-state index in [0.717, 1.165) is 73.5 Å². The van der Waals surface area contributed by atoms with E-state index in [4.69, 9.17) is 15.7 Å². The average Bonchev–Trinajstić information content (AvgIpc) is 3.79. The van der Waals surface area contributed by atoms with Crippen LogP contribution in [0.15, 0.2) is 72.8 Å². The summed E-state index contributed by atoms with van der Waals surface area (Å²) in [5, 5.41) is 0. The third kappa shape index (κ3) is 5.39. The van der Waals surface area contributed by atoms with Gasteiger partial charge in [-0.2, -0.15) is 0 Å². The number of rotatable bonds is 2. The molecule has 0 aliphatic carbocycles. The Kier molecular flexibility index (Phi) is 7.03. The highest BCUT2D eigenvalue weighted by molar-refractivity contribution is 5.96. The summed E-state index contributed by atoms with van der Waals surface area (Å²) in [5.41, 5.74) is 22.6. The van der Waals surface area contributed by atoms with E-state index in [0.29, 0.717) is 6.54 Å². The molecule has 45 heavy (non-hydrogen) atoms. The van der Waals surface area contributed by atoms with Gasteiger partial charge >= 0.3 is 0 Å². The molecule has 5 nitrogen and oxygen atoms in total. The molecule has 5 heteroatoms. The number of fused-ring (bicyclic) bond motifs is 8. The molecule has 8 bridgehead atoms. The maximum Gasteiger partial charge on any atom is 0.0737 e. The zero-order chi connectivity index (χ0) is 31.3. The molecular weight excluding hydrogens is 550 g/mol. The quantitative estimate of drug-likeness (QED) is 0.177. The van der Waals surface area contributed by atoms with Crippen molar-refractivity contribution in [1.82, 2.24) is 19.9 Å². The minimum absolute atomic E-state index is 0.0808. The van der Waals surface area contributed by atoms with Crippen LogP contribution in [-0.4, -0.2) is 26.5 Å². The largest absolute Gasteiger partial charge is 0.355 e. The average molecular weight is 588 g/mol. The van der Waals surface area contributed by atoms with Gasteiger partial charge in [0.1, 0.15) is 0 Å². The maximum atomic E-state index is 5.62. The number of benzene rings is 2. The molecule has 5 heterocycles. The highest BCUT2D eigenvalue weighted by Crippen LogP contribution is 2.38. The van der Waals surface area contributed by atoms with Crippen molar-refractivity contribution < 1.29 is 0 Å². The monoisotopic (exact) mass is 587 g/mol. The van der Waals surface area contributed by atoms with Gasteiger partial charge in [-0.3, -0.25) is 4.98 Å². The van der Waals surface area contributed by atoms with E-state index >= 15 is 0 Å². The first-order chi connectivity index (χ1) is 21.7. The van der Waals surface area contributed by atoms with Gasteiger partial charge in [-0.15, -0.1) is 0 Å². The lowest BCUT2D eigenvalue weighted by Gasteiger charge is -2.15. The molecule has 0 unspecified atom stereocenters. The number of nitrogens with zero attached hydrogens (tertiary/aromatic N) is 2. The normalized spacial score (nSPS) is 13.5. The number of aryl methyl sites for hydroxylation is 3. The van der Waals surface area contributed by atoms with Crippen molar-refractivity contribution in [1.29, 1.82) is 0 Å². The smallest absolute Gasteiger partial charge is 0.0737 e. The van der Waals surface area contributed by atoms with Crippen LogP contribution in [0.1, 0.15) is 58.9 Å². The fourth-order valence-corrected chi connectivity index (χ4v) is 6.74. The summed E-state index contributed by atoms with van der Waals surface area (Å²) < 4.78 is 0. The van der Waals surface area contributed by atoms with Crippen LogP contribution >= 0.6 is 0 Å². The Morgan fingerprint density at radius 1 is 0.733 bits per heavy atom. The number of H-pyrrole nitrogens is 2. The van der Waals surface area contributed by atoms with Crippen molar-refractivity contribution >= 4 is 34.2 Å². The van der Waals surface area contributed by atoms with Crippen LogP contribution in [0.5, 0.6) is 0 Å². The second kappa shape index (κ2) is 11.1. The van der Waals surface area contributed by atoms with Crippen molar-refractivity contribution in [3.63, 3.8) is 0 Å². The highest BCUT2D eigenvalue weighted by atomic mass is 14.8. The topological polar surface area (TPSA) is 83.4 Å². The molecule has 0 saturated carbocycles. The zero-order valence-electron chi connectivity index (χ0n) is 26.5. The Balaban J connectivity index is 1.61. The summed E-state index contributed by atoms with van der Waals surface area (Å²) in [5.74, 6) is 6.09. The molecule has 4 N–H and O–H groups in total. The summed E-state index contributed by atoms with van der Waals surface area (Å²) >= 11 is 0. The van der Waals surface area contributed by atoms with Crippen molar-refractivity contribution in [2.75, 3.05) is 6.54 Å². The Morgan fingerprint density at radius 3 is 2.02 bits per heavy atom. The highest BCUT2D eigenvalue weighted by Gasteiger charge is 2.28. The molecule has 2 aliphatic heterocycles.